The lowest BCUT2D eigenvalue weighted by molar-refractivity contribution is 0.361. The smallest absolute Gasteiger partial charge is 0.331 e. The first kappa shape index (κ1) is 10.9. The van der Waals surface area contributed by atoms with Crippen molar-refractivity contribution in [1.29, 1.82) is 0 Å². The summed E-state index contributed by atoms with van der Waals surface area (Å²) in [7, 11) is 1.59. The standard InChI is InChI=1S/C11H12N4O3/c1-14-5-4-9(16)15(11(14)17)6-8-12-10(13-18-8)7-2-3-7/h4-5,7H,2-3,6H2,1H3. The third-order valence-electron chi connectivity index (χ3n) is 2.96. The van der Waals surface area contributed by atoms with Gasteiger partial charge in [-0.05, 0) is 12.8 Å². The van der Waals surface area contributed by atoms with Crippen LogP contribution in [0, 0.1) is 0 Å². The SMILES string of the molecule is Cn1ccc(=O)n(Cc2nc(C3CC3)no2)c1=O. The first-order valence-corrected chi connectivity index (χ1v) is 5.74. The van der Waals surface area contributed by atoms with Crippen LogP contribution in [-0.4, -0.2) is 19.3 Å². The minimum Gasteiger partial charge on any atom is -0.337 e. The molecule has 0 radical (unpaired) electrons. The zero-order chi connectivity index (χ0) is 12.7. The van der Waals surface area contributed by atoms with Gasteiger partial charge in [0.1, 0.15) is 6.54 Å². The van der Waals surface area contributed by atoms with Gasteiger partial charge in [0.2, 0.25) is 5.89 Å². The molecule has 18 heavy (non-hydrogen) atoms. The molecule has 3 rings (SSSR count). The van der Waals surface area contributed by atoms with E-state index in [0.29, 0.717) is 17.6 Å². The molecule has 94 valence electrons. The van der Waals surface area contributed by atoms with Gasteiger partial charge in [-0.3, -0.25) is 9.36 Å². The molecule has 0 amide bonds. The van der Waals surface area contributed by atoms with Gasteiger partial charge < -0.3 is 9.09 Å². The quantitative estimate of drug-likeness (QED) is 0.754. The Labute approximate surface area is 102 Å². The van der Waals surface area contributed by atoms with Crippen LogP contribution in [0.2, 0.25) is 0 Å². The van der Waals surface area contributed by atoms with E-state index in [-0.39, 0.29) is 12.1 Å². The van der Waals surface area contributed by atoms with Crippen molar-refractivity contribution < 1.29 is 4.52 Å². The molecule has 1 fully saturated rings. The van der Waals surface area contributed by atoms with E-state index in [9.17, 15) is 9.59 Å². The Bertz CT molecular complexity index is 693. The van der Waals surface area contributed by atoms with Gasteiger partial charge in [0, 0.05) is 25.2 Å². The lowest BCUT2D eigenvalue weighted by Gasteiger charge is -2.02. The molecule has 1 aliphatic rings. The van der Waals surface area contributed by atoms with E-state index in [1.807, 2.05) is 0 Å². The van der Waals surface area contributed by atoms with E-state index in [2.05, 4.69) is 10.1 Å². The van der Waals surface area contributed by atoms with Crippen LogP contribution < -0.4 is 11.2 Å². The van der Waals surface area contributed by atoms with Gasteiger partial charge in [-0.2, -0.15) is 4.98 Å². The summed E-state index contributed by atoms with van der Waals surface area (Å²) in [4.78, 5) is 27.6. The van der Waals surface area contributed by atoms with Crippen LogP contribution in [-0.2, 0) is 13.6 Å². The van der Waals surface area contributed by atoms with Crippen molar-refractivity contribution in [3.8, 4) is 0 Å². The monoisotopic (exact) mass is 248 g/mol. The summed E-state index contributed by atoms with van der Waals surface area (Å²) in [5.74, 6) is 1.35. The number of hydrogen-bond acceptors (Lipinski definition) is 5. The predicted molar refractivity (Wildman–Crippen MR) is 61.3 cm³/mol. The summed E-state index contributed by atoms with van der Waals surface area (Å²) in [5.41, 5.74) is -0.766. The number of rotatable bonds is 3. The fourth-order valence-electron chi connectivity index (χ4n) is 1.73. The molecule has 7 nitrogen and oxygen atoms in total. The van der Waals surface area contributed by atoms with Crippen LogP contribution in [0.5, 0.6) is 0 Å². The van der Waals surface area contributed by atoms with Gasteiger partial charge in [-0.15, -0.1) is 0 Å². The van der Waals surface area contributed by atoms with Crippen molar-refractivity contribution in [3.05, 3.63) is 44.8 Å². The molecule has 1 saturated carbocycles. The maximum atomic E-state index is 11.8. The lowest BCUT2D eigenvalue weighted by atomic mass is 10.4. The van der Waals surface area contributed by atoms with Gasteiger partial charge in [0.25, 0.3) is 5.56 Å². The molecule has 7 heteroatoms. The molecule has 2 heterocycles. The van der Waals surface area contributed by atoms with Crippen molar-refractivity contribution >= 4 is 0 Å². The lowest BCUT2D eigenvalue weighted by Crippen LogP contribution is -2.38. The molecule has 1 aliphatic carbocycles. The van der Waals surface area contributed by atoms with Crippen LogP contribution in [0.25, 0.3) is 0 Å². The molecule has 0 saturated heterocycles. The Kier molecular flexibility index (Phi) is 2.39. The Morgan fingerprint density at radius 2 is 2.22 bits per heavy atom. The van der Waals surface area contributed by atoms with E-state index in [0.717, 1.165) is 17.4 Å². The predicted octanol–water partition coefficient (Wildman–Crippen LogP) is -0.144. The molecule has 2 aromatic rings. The maximum absolute atomic E-state index is 11.8. The highest BCUT2D eigenvalue weighted by molar-refractivity contribution is 5.03. The highest BCUT2D eigenvalue weighted by Crippen LogP contribution is 2.38. The minimum absolute atomic E-state index is 0.0199. The second-order valence-electron chi connectivity index (χ2n) is 4.45. The van der Waals surface area contributed by atoms with Crippen LogP contribution >= 0.6 is 0 Å². The van der Waals surface area contributed by atoms with Crippen molar-refractivity contribution in [2.24, 2.45) is 7.05 Å². The Morgan fingerprint density at radius 3 is 2.94 bits per heavy atom. The summed E-state index contributed by atoms with van der Waals surface area (Å²) < 4.78 is 7.46. The molecule has 0 atom stereocenters. The van der Waals surface area contributed by atoms with Crippen LogP contribution in [0.4, 0.5) is 0 Å². The van der Waals surface area contributed by atoms with Crippen molar-refractivity contribution in [2.45, 2.75) is 25.3 Å². The molecule has 0 aromatic carbocycles. The molecule has 0 spiro atoms. The minimum atomic E-state index is -0.395. The number of nitrogens with zero attached hydrogens (tertiary/aromatic N) is 4. The van der Waals surface area contributed by atoms with Gasteiger partial charge in [0.15, 0.2) is 5.82 Å². The third kappa shape index (κ3) is 1.87. The zero-order valence-electron chi connectivity index (χ0n) is 9.87. The summed E-state index contributed by atoms with van der Waals surface area (Å²) in [6, 6.07) is 1.33. The molecule has 0 aliphatic heterocycles. The summed E-state index contributed by atoms with van der Waals surface area (Å²) >= 11 is 0. The first-order valence-electron chi connectivity index (χ1n) is 5.74. The third-order valence-corrected chi connectivity index (χ3v) is 2.96. The van der Waals surface area contributed by atoms with Gasteiger partial charge >= 0.3 is 5.69 Å². The van der Waals surface area contributed by atoms with E-state index in [1.165, 1.54) is 16.8 Å². The molecular weight excluding hydrogens is 236 g/mol. The summed E-state index contributed by atoms with van der Waals surface area (Å²) in [5, 5.41) is 3.85. The van der Waals surface area contributed by atoms with Crippen molar-refractivity contribution in [2.75, 3.05) is 0 Å². The van der Waals surface area contributed by atoms with Crippen LogP contribution in [0.3, 0.4) is 0 Å². The van der Waals surface area contributed by atoms with Crippen LogP contribution in [0.1, 0.15) is 30.5 Å². The molecular formula is C11H12N4O3. The van der Waals surface area contributed by atoms with Crippen molar-refractivity contribution in [1.82, 2.24) is 19.3 Å². The highest BCUT2D eigenvalue weighted by Gasteiger charge is 2.28. The Morgan fingerprint density at radius 1 is 1.44 bits per heavy atom. The topological polar surface area (TPSA) is 82.9 Å². The normalized spacial score (nSPS) is 14.9. The Hall–Kier alpha value is -2.18. The summed E-state index contributed by atoms with van der Waals surface area (Å²) in [6.07, 6.45) is 3.59. The van der Waals surface area contributed by atoms with E-state index in [4.69, 9.17) is 4.52 Å². The average Bonchev–Trinajstić information content (AvgIpc) is 3.10. The largest absolute Gasteiger partial charge is 0.337 e. The second kappa shape index (κ2) is 3.94. The highest BCUT2D eigenvalue weighted by atomic mass is 16.5. The van der Waals surface area contributed by atoms with Crippen molar-refractivity contribution in [3.63, 3.8) is 0 Å². The zero-order valence-corrected chi connectivity index (χ0v) is 9.87. The molecule has 0 N–H and O–H groups in total. The van der Waals surface area contributed by atoms with Gasteiger partial charge in [-0.1, -0.05) is 5.16 Å². The molecule has 0 bridgehead atoms. The van der Waals surface area contributed by atoms with E-state index in [1.54, 1.807) is 7.05 Å². The van der Waals surface area contributed by atoms with Gasteiger partial charge in [-0.25, -0.2) is 4.79 Å². The second-order valence-corrected chi connectivity index (χ2v) is 4.45. The molecule has 2 aromatic heterocycles. The van der Waals surface area contributed by atoms with Gasteiger partial charge in [0.05, 0.1) is 0 Å². The number of aryl methyl sites for hydroxylation is 1. The summed E-state index contributed by atoms with van der Waals surface area (Å²) in [6.45, 7) is 0.0199. The molecule has 0 unspecified atom stereocenters. The average molecular weight is 248 g/mol. The maximum Gasteiger partial charge on any atom is 0.331 e. The fraction of sp³-hybridized carbons (Fsp3) is 0.455. The first-order chi connectivity index (χ1) is 8.65. The Balaban J connectivity index is 1.93. The van der Waals surface area contributed by atoms with Crippen LogP contribution in [0.15, 0.2) is 26.4 Å². The fourth-order valence-corrected chi connectivity index (χ4v) is 1.73. The number of aromatic nitrogens is 4. The van der Waals surface area contributed by atoms with E-state index >= 15 is 0 Å². The number of hydrogen-bond donors (Lipinski definition) is 0. The van der Waals surface area contributed by atoms with E-state index < -0.39 is 5.69 Å².